The molecule has 2 aromatic rings. The molecule has 13 heteroatoms. The lowest BCUT2D eigenvalue weighted by molar-refractivity contribution is -0.151. The highest BCUT2D eigenvalue weighted by Gasteiger charge is 2.26. The molecule has 0 aliphatic carbocycles. The van der Waals surface area contributed by atoms with Crippen LogP contribution in [-0.4, -0.2) is 67.1 Å². The Morgan fingerprint density at radius 2 is 1.86 bits per heavy atom. The van der Waals surface area contributed by atoms with Crippen molar-refractivity contribution in [2.24, 2.45) is 0 Å². The Morgan fingerprint density at radius 1 is 1.17 bits per heavy atom. The van der Waals surface area contributed by atoms with Gasteiger partial charge in [0.2, 0.25) is 11.8 Å². The highest BCUT2D eigenvalue weighted by molar-refractivity contribution is 7.90. The summed E-state index contributed by atoms with van der Waals surface area (Å²) in [5.74, 6) is -1.20. The smallest absolute Gasteiger partial charge is 0.474 e. The lowest BCUT2D eigenvalue weighted by Crippen LogP contribution is -2.40. The monoisotopic (exact) mass is 510 g/mol. The van der Waals surface area contributed by atoms with Crippen molar-refractivity contribution in [1.82, 2.24) is 15.0 Å². The summed E-state index contributed by atoms with van der Waals surface area (Å²) in [6.45, 7) is 5.53. The highest BCUT2D eigenvalue weighted by atomic mass is 32.2. The number of benzene rings is 1. The van der Waals surface area contributed by atoms with E-state index in [1.54, 1.807) is 13.8 Å². The van der Waals surface area contributed by atoms with E-state index in [2.05, 4.69) is 9.97 Å². The zero-order chi connectivity index (χ0) is 25.8. The molecule has 2 heterocycles. The number of aromatic nitrogens is 2. The fourth-order valence-electron chi connectivity index (χ4n) is 3.40. The predicted octanol–water partition coefficient (Wildman–Crippen LogP) is 3.02. The van der Waals surface area contributed by atoms with Crippen LogP contribution in [-0.2, 0) is 24.2 Å². The van der Waals surface area contributed by atoms with Crippen LogP contribution in [0.1, 0.15) is 33.6 Å². The van der Waals surface area contributed by atoms with Crippen LogP contribution >= 0.6 is 0 Å². The van der Waals surface area contributed by atoms with E-state index in [1.807, 2.05) is 0 Å². The fraction of sp³-hybridized carbons (Fsp3) is 0.455. The van der Waals surface area contributed by atoms with E-state index in [0.717, 1.165) is 17.2 Å². The van der Waals surface area contributed by atoms with E-state index in [1.165, 1.54) is 36.5 Å². The van der Waals surface area contributed by atoms with Crippen molar-refractivity contribution in [1.29, 1.82) is 0 Å². The van der Waals surface area contributed by atoms with Gasteiger partial charge in [-0.05, 0) is 32.0 Å². The minimum absolute atomic E-state index is 0.0608. The second kappa shape index (κ2) is 11.0. The predicted molar refractivity (Wildman–Crippen MR) is 122 cm³/mol. The van der Waals surface area contributed by atoms with E-state index in [4.69, 9.17) is 14.3 Å². The van der Waals surface area contributed by atoms with Gasteiger partial charge in [0.05, 0.1) is 16.7 Å². The van der Waals surface area contributed by atoms with Gasteiger partial charge in [-0.3, -0.25) is 9.69 Å². The first-order chi connectivity index (χ1) is 16.4. The van der Waals surface area contributed by atoms with Crippen LogP contribution in [0.5, 0.6) is 5.88 Å². The Morgan fingerprint density at radius 3 is 2.43 bits per heavy atom. The van der Waals surface area contributed by atoms with E-state index < -0.39 is 27.7 Å². The van der Waals surface area contributed by atoms with Gasteiger partial charge in [0, 0.05) is 45.2 Å². The zero-order valence-electron chi connectivity index (χ0n) is 19.8. The van der Waals surface area contributed by atoms with Crippen LogP contribution in [0.15, 0.2) is 35.5 Å². The number of nitrogens with zero attached hydrogens (tertiary/aromatic N) is 4. The van der Waals surface area contributed by atoms with E-state index >= 15 is 0 Å². The summed E-state index contributed by atoms with van der Waals surface area (Å²) in [6, 6.07) is 4.67. The first kappa shape index (κ1) is 26.3. The van der Waals surface area contributed by atoms with Gasteiger partial charge in [0.25, 0.3) is 0 Å². The number of hydroxylamine groups is 2. The minimum atomic E-state index is -3.62. The highest BCUT2D eigenvalue weighted by Crippen LogP contribution is 2.30. The van der Waals surface area contributed by atoms with Gasteiger partial charge in [-0.15, -0.1) is 5.06 Å². The number of carbonyl (C=O) groups is 2. The van der Waals surface area contributed by atoms with Crippen LogP contribution in [0, 0.1) is 5.82 Å². The van der Waals surface area contributed by atoms with Crippen molar-refractivity contribution in [3.63, 3.8) is 0 Å². The lowest BCUT2D eigenvalue weighted by Gasteiger charge is -2.30. The number of halogens is 1. The van der Waals surface area contributed by atoms with Gasteiger partial charge in [-0.25, -0.2) is 27.6 Å². The number of hydrogen-bond donors (Lipinski definition) is 0. The number of ether oxygens (including phenoxy) is 2. The summed E-state index contributed by atoms with van der Waals surface area (Å²) < 4.78 is 49.0. The molecule has 0 bridgehead atoms. The van der Waals surface area contributed by atoms with Crippen LogP contribution in [0.3, 0.4) is 0 Å². The number of sulfone groups is 1. The maximum absolute atomic E-state index is 14.8. The van der Waals surface area contributed by atoms with Gasteiger partial charge in [-0.2, -0.15) is 0 Å². The number of carbonyl (C=O) groups excluding carboxylic acids is 2. The third-order valence-electron chi connectivity index (χ3n) is 4.98. The topological polar surface area (TPSA) is 128 Å². The van der Waals surface area contributed by atoms with Gasteiger partial charge in [0.15, 0.2) is 9.84 Å². The Hall–Kier alpha value is -3.32. The van der Waals surface area contributed by atoms with E-state index in [0.29, 0.717) is 25.9 Å². The number of anilines is 2. The Labute approximate surface area is 202 Å². The molecule has 35 heavy (non-hydrogen) atoms. The van der Waals surface area contributed by atoms with Crippen LogP contribution in [0.4, 0.5) is 20.7 Å². The summed E-state index contributed by atoms with van der Waals surface area (Å²) >= 11 is 0. The second-order valence-corrected chi connectivity index (χ2v) is 10.2. The molecular formula is C22H27FN4O7S. The molecule has 1 aromatic carbocycles. The van der Waals surface area contributed by atoms with Gasteiger partial charge in [0.1, 0.15) is 24.1 Å². The Balaban J connectivity index is 1.70. The molecule has 0 unspecified atom stereocenters. The summed E-state index contributed by atoms with van der Waals surface area (Å²) in [5, 5.41) is 1.50. The van der Waals surface area contributed by atoms with Crippen molar-refractivity contribution in [3.8, 4) is 5.88 Å². The van der Waals surface area contributed by atoms with Gasteiger partial charge in [-0.1, -0.05) is 0 Å². The quantitative estimate of drug-likeness (QED) is 0.513. The standard InChI is InChI=1S/C22H27FN4O7S/c1-14(2)32-22(29)34-26-9-7-16(8-10-26)33-21-12-20(24-13-25-21)27(15(3)28)19-6-5-17(11-18(19)23)35(4,30)31/h5-6,11-14,16H,7-10H2,1-4H3. The maximum Gasteiger partial charge on any atom is 0.528 e. The maximum atomic E-state index is 14.8. The summed E-state index contributed by atoms with van der Waals surface area (Å²) in [7, 11) is -3.62. The van der Waals surface area contributed by atoms with Crippen LogP contribution < -0.4 is 9.64 Å². The molecule has 1 aromatic heterocycles. The van der Waals surface area contributed by atoms with Crippen LogP contribution in [0.25, 0.3) is 0 Å². The van der Waals surface area contributed by atoms with Crippen molar-refractivity contribution in [3.05, 3.63) is 36.4 Å². The molecule has 190 valence electrons. The minimum Gasteiger partial charge on any atom is -0.474 e. The zero-order valence-corrected chi connectivity index (χ0v) is 20.6. The molecule has 0 saturated carbocycles. The van der Waals surface area contributed by atoms with Crippen molar-refractivity contribution in [2.75, 3.05) is 24.2 Å². The SMILES string of the molecule is CC(=O)N(c1cc(OC2CCN(OC(=O)OC(C)C)CC2)ncn1)c1ccc(S(C)(=O)=O)cc1F. The molecule has 1 fully saturated rings. The van der Waals surface area contributed by atoms with Crippen molar-refractivity contribution in [2.45, 2.75) is 50.7 Å². The third-order valence-corrected chi connectivity index (χ3v) is 6.09. The largest absolute Gasteiger partial charge is 0.528 e. The number of amides is 1. The van der Waals surface area contributed by atoms with E-state index in [-0.39, 0.29) is 34.5 Å². The summed E-state index contributed by atoms with van der Waals surface area (Å²) in [6.07, 6.45) is 1.93. The van der Waals surface area contributed by atoms with Gasteiger partial charge >= 0.3 is 6.16 Å². The normalized spacial score (nSPS) is 15.0. The number of rotatable bonds is 7. The molecule has 1 amide bonds. The molecule has 1 saturated heterocycles. The molecule has 0 N–H and O–H groups in total. The Bertz CT molecular complexity index is 1180. The number of piperidine rings is 1. The Kier molecular flexibility index (Phi) is 8.22. The molecule has 0 radical (unpaired) electrons. The van der Waals surface area contributed by atoms with Crippen LogP contribution in [0.2, 0.25) is 0 Å². The number of hydrogen-bond acceptors (Lipinski definition) is 10. The van der Waals surface area contributed by atoms with E-state index in [9.17, 15) is 22.4 Å². The molecule has 0 spiro atoms. The molecule has 1 aliphatic heterocycles. The fourth-order valence-corrected chi connectivity index (χ4v) is 4.03. The third kappa shape index (κ3) is 7.09. The van der Waals surface area contributed by atoms with Gasteiger partial charge < -0.3 is 14.3 Å². The summed E-state index contributed by atoms with van der Waals surface area (Å²) in [5.41, 5.74) is -0.159. The summed E-state index contributed by atoms with van der Waals surface area (Å²) in [4.78, 5) is 38.1. The van der Waals surface area contributed by atoms with Crippen molar-refractivity contribution < 1.29 is 36.7 Å². The molecular weight excluding hydrogens is 483 g/mol. The average Bonchev–Trinajstić information content (AvgIpc) is 2.75. The first-order valence-electron chi connectivity index (χ1n) is 10.9. The molecule has 1 aliphatic rings. The molecule has 0 atom stereocenters. The lowest BCUT2D eigenvalue weighted by atomic mass is 10.1. The second-order valence-electron chi connectivity index (χ2n) is 8.21. The first-order valence-corrected chi connectivity index (χ1v) is 12.8. The molecule has 3 rings (SSSR count). The van der Waals surface area contributed by atoms with Crippen molar-refractivity contribution >= 4 is 33.4 Å². The molecule has 11 nitrogen and oxygen atoms in total. The average molecular weight is 511 g/mol.